The van der Waals surface area contributed by atoms with Gasteiger partial charge in [0, 0.05) is 35.9 Å². The van der Waals surface area contributed by atoms with Crippen LogP contribution in [0.15, 0.2) is 35.5 Å². The molecule has 3 heterocycles. The second-order valence-corrected chi connectivity index (χ2v) is 6.65. The first-order chi connectivity index (χ1) is 14.6. The third-order valence-corrected chi connectivity index (χ3v) is 5.36. The lowest BCUT2D eigenvalue weighted by Gasteiger charge is -2.16. The number of nitrogens with one attached hydrogen (secondary N) is 1. The highest BCUT2D eigenvalue weighted by Gasteiger charge is 2.27. The first-order valence-electron chi connectivity index (χ1n) is 9.89. The fraction of sp³-hybridized carbons (Fsp3) is 0.318. The number of nitrogens with zero attached hydrogens (tertiary/aromatic N) is 3. The molecule has 4 rings (SSSR count). The summed E-state index contributed by atoms with van der Waals surface area (Å²) in [6.45, 7) is 8.36. The van der Waals surface area contributed by atoms with Crippen molar-refractivity contribution in [3.8, 4) is 5.75 Å². The zero-order valence-electron chi connectivity index (χ0n) is 18.1. The van der Waals surface area contributed by atoms with E-state index in [4.69, 9.17) is 4.74 Å². The van der Waals surface area contributed by atoms with Crippen LogP contribution in [0.1, 0.15) is 42.9 Å². The largest absolute Gasteiger partial charge is 0.494 e. The summed E-state index contributed by atoms with van der Waals surface area (Å²) in [7, 11) is 3.22. The number of hydrogen-bond donors (Lipinski definition) is 1. The summed E-state index contributed by atoms with van der Waals surface area (Å²) < 4.78 is 19.0. The number of rotatable bonds is 3. The van der Waals surface area contributed by atoms with Gasteiger partial charge in [0.2, 0.25) is 0 Å². The molecule has 30 heavy (non-hydrogen) atoms. The number of methoxy groups -OCH3 is 1. The summed E-state index contributed by atoms with van der Waals surface area (Å²) in [6, 6.07) is 6.24. The zero-order valence-corrected chi connectivity index (χ0v) is 18.9. The molecule has 0 radical (unpaired) electrons. The molecule has 1 N–H and O–H groups in total. The monoisotopic (exact) mass is 430 g/mol. The number of ether oxygens (including phenoxy) is 1. The number of carbonyl (C=O) groups excluding carboxylic acids is 1. The Morgan fingerprint density at radius 2 is 1.93 bits per heavy atom. The van der Waals surface area contributed by atoms with E-state index in [1.165, 1.54) is 41.8 Å². The molecule has 0 spiro atoms. The van der Waals surface area contributed by atoms with E-state index in [0.717, 1.165) is 21.5 Å². The Balaban J connectivity index is 0.000000757. The Morgan fingerprint density at radius 1 is 1.20 bits per heavy atom. The van der Waals surface area contributed by atoms with Crippen molar-refractivity contribution in [3.05, 3.63) is 46.7 Å². The van der Waals surface area contributed by atoms with Gasteiger partial charge in [0.25, 0.3) is 5.91 Å². The summed E-state index contributed by atoms with van der Waals surface area (Å²) in [6.07, 6.45) is 3.14. The standard InChI is InChI=1S/C18H15FN4O2S.2C2H6/c1-20-13-5-6-22-17-15(13)11-8-21-9-23(18(24)16(11)26-17)10-3-4-14(25-2)12(19)7-10;2*1-2/h3-7,9H,8H2,1-2H3,(H,20,22);2*1-2H3. The van der Waals surface area contributed by atoms with E-state index >= 15 is 0 Å². The average Bonchev–Trinajstić information content (AvgIpc) is 3.10. The van der Waals surface area contributed by atoms with Crippen LogP contribution in [0.5, 0.6) is 5.75 Å². The molecular weight excluding hydrogens is 403 g/mol. The van der Waals surface area contributed by atoms with E-state index < -0.39 is 5.82 Å². The molecule has 3 aromatic rings. The van der Waals surface area contributed by atoms with Crippen molar-refractivity contribution >= 4 is 45.2 Å². The maximum absolute atomic E-state index is 14.1. The van der Waals surface area contributed by atoms with Crippen LogP contribution in [0.2, 0.25) is 0 Å². The van der Waals surface area contributed by atoms with Crippen LogP contribution in [0, 0.1) is 5.82 Å². The molecule has 0 unspecified atom stereocenters. The molecular formula is C22H27FN4O2S. The molecule has 0 saturated heterocycles. The van der Waals surface area contributed by atoms with Crippen molar-refractivity contribution in [3.63, 3.8) is 0 Å². The highest BCUT2D eigenvalue weighted by atomic mass is 32.1. The number of benzene rings is 1. The summed E-state index contributed by atoms with van der Waals surface area (Å²) in [5, 5.41) is 4.04. The topological polar surface area (TPSA) is 66.8 Å². The van der Waals surface area contributed by atoms with Crippen molar-refractivity contribution in [2.24, 2.45) is 4.99 Å². The van der Waals surface area contributed by atoms with Crippen molar-refractivity contribution in [1.29, 1.82) is 0 Å². The van der Waals surface area contributed by atoms with Crippen molar-refractivity contribution in [1.82, 2.24) is 4.98 Å². The van der Waals surface area contributed by atoms with Crippen LogP contribution in [-0.2, 0) is 6.54 Å². The SMILES string of the molecule is CC.CC.CNc1ccnc2sc3c(c12)CN=CN(c1ccc(OC)c(F)c1)C3=O. The number of pyridine rings is 1. The summed E-state index contributed by atoms with van der Waals surface area (Å²) in [5.41, 5.74) is 2.13. The minimum Gasteiger partial charge on any atom is -0.494 e. The molecule has 160 valence electrons. The van der Waals surface area contributed by atoms with E-state index in [9.17, 15) is 9.18 Å². The zero-order chi connectivity index (χ0) is 22.3. The first kappa shape index (κ1) is 23.3. The fourth-order valence-corrected chi connectivity index (χ4v) is 4.10. The third kappa shape index (κ3) is 4.28. The van der Waals surface area contributed by atoms with Crippen molar-refractivity contribution < 1.29 is 13.9 Å². The van der Waals surface area contributed by atoms with Crippen LogP contribution in [0.3, 0.4) is 0 Å². The smallest absolute Gasteiger partial charge is 0.274 e. The van der Waals surface area contributed by atoms with E-state index in [0.29, 0.717) is 17.1 Å². The third-order valence-electron chi connectivity index (χ3n) is 4.23. The Bertz CT molecular complexity index is 1050. The Labute approximate surface area is 180 Å². The van der Waals surface area contributed by atoms with Gasteiger partial charge in [-0.1, -0.05) is 27.7 Å². The molecule has 0 atom stereocenters. The minimum atomic E-state index is -0.536. The van der Waals surface area contributed by atoms with Gasteiger partial charge in [0.05, 0.1) is 25.7 Å². The van der Waals surface area contributed by atoms with Gasteiger partial charge < -0.3 is 10.1 Å². The highest BCUT2D eigenvalue weighted by molar-refractivity contribution is 7.20. The molecule has 1 amide bonds. The molecule has 0 aliphatic carbocycles. The van der Waals surface area contributed by atoms with Gasteiger partial charge in [-0.3, -0.25) is 14.7 Å². The number of amides is 1. The van der Waals surface area contributed by atoms with Gasteiger partial charge in [-0.25, -0.2) is 9.37 Å². The number of halogens is 1. The van der Waals surface area contributed by atoms with Crippen LogP contribution < -0.4 is 15.0 Å². The quantitative estimate of drug-likeness (QED) is 0.576. The first-order valence-corrected chi connectivity index (χ1v) is 10.7. The lowest BCUT2D eigenvalue weighted by atomic mass is 10.1. The van der Waals surface area contributed by atoms with Gasteiger partial charge in [-0.05, 0) is 18.2 Å². The number of aromatic nitrogens is 1. The molecule has 0 bridgehead atoms. The van der Waals surface area contributed by atoms with E-state index in [1.54, 1.807) is 12.3 Å². The molecule has 6 nitrogen and oxygen atoms in total. The second-order valence-electron chi connectivity index (χ2n) is 5.65. The summed E-state index contributed by atoms with van der Waals surface area (Å²) in [4.78, 5) is 24.5. The summed E-state index contributed by atoms with van der Waals surface area (Å²) in [5.74, 6) is -0.666. The fourth-order valence-electron chi connectivity index (χ4n) is 2.98. The molecule has 1 aliphatic rings. The predicted octanol–water partition coefficient (Wildman–Crippen LogP) is 5.73. The van der Waals surface area contributed by atoms with E-state index in [1.807, 2.05) is 40.8 Å². The van der Waals surface area contributed by atoms with Gasteiger partial charge in [-0.15, -0.1) is 11.3 Å². The predicted molar refractivity (Wildman–Crippen MR) is 124 cm³/mol. The maximum atomic E-state index is 14.1. The lowest BCUT2D eigenvalue weighted by Crippen LogP contribution is -2.28. The molecule has 0 fully saturated rings. The molecule has 8 heteroatoms. The van der Waals surface area contributed by atoms with E-state index in [2.05, 4.69) is 15.3 Å². The summed E-state index contributed by atoms with van der Waals surface area (Å²) >= 11 is 1.32. The van der Waals surface area contributed by atoms with Gasteiger partial charge in [0.1, 0.15) is 9.71 Å². The normalized spacial score (nSPS) is 12.2. The Hall–Kier alpha value is -3.00. The van der Waals surface area contributed by atoms with Crippen molar-refractivity contribution in [2.45, 2.75) is 34.2 Å². The minimum absolute atomic E-state index is 0.123. The molecule has 0 saturated carbocycles. The molecule has 1 aromatic carbocycles. The van der Waals surface area contributed by atoms with Gasteiger partial charge >= 0.3 is 0 Å². The Kier molecular flexibility index (Phi) is 8.29. The maximum Gasteiger partial charge on any atom is 0.274 e. The van der Waals surface area contributed by atoms with Crippen LogP contribution >= 0.6 is 11.3 Å². The second kappa shape index (κ2) is 10.7. The van der Waals surface area contributed by atoms with E-state index in [-0.39, 0.29) is 11.7 Å². The molecule has 2 aromatic heterocycles. The number of carbonyl (C=O) groups is 1. The Morgan fingerprint density at radius 3 is 2.57 bits per heavy atom. The number of anilines is 2. The molecule has 1 aliphatic heterocycles. The number of thiophene rings is 1. The number of hydrogen-bond acceptors (Lipinski definition) is 6. The highest BCUT2D eigenvalue weighted by Crippen LogP contribution is 2.37. The average molecular weight is 431 g/mol. The number of fused-ring (bicyclic) bond motifs is 3. The van der Waals surface area contributed by atoms with Crippen LogP contribution in [0.25, 0.3) is 10.2 Å². The van der Waals surface area contributed by atoms with Gasteiger partial charge in [-0.2, -0.15) is 0 Å². The van der Waals surface area contributed by atoms with Gasteiger partial charge in [0.15, 0.2) is 11.6 Å². The van der Waals surface area contributed by atoms with Crippen LogP contribution in [0.4, 0.5) is 15.8 Å². The van der Waals surface area contributed by atoms with Crippen LogP contribution in [-0.4, -0.2) is 31.4 Å². The lowest BCUT2D eigenvalue weighted by molar-refractivity contribution is 0.101. The van der Waals surface area contributed by atoms with Crippen molar-refractivity contribution in [2.75, 3.05) is 24.4 Å². The number of aliphatic imine (C=N–C) groups is 1.